The van der Waals surface area contributed by atoms with Crippen molar-refractivity contribution in [2.24, 2.45) is 11.8 Å². The van der Waals surface area contributed by atoms with E-state index >= 15 is 0 Å². The first-order valence-electron chi connectivity index (χ1n) is 7.15. The maximum atomic E-state index is 12.1. The zero-order valence-electron chi connectivity index (χ0n) is 12.6. The highest BCUT2D eigenvalue weighted by molar-refractivity contribution is 5.89. The molecule has 0 aliphatic carbocycles. The van der Waals surface area contributed by atoms with Crippen LogP contribution in [0.5, 0.6) is 0 Å². The molecule has 0 aromatic rings. The van der Waals surface area contributed by atoms with E-state index in [9.17, 15) is 14.7 Å². The number of methoxy groups -OCH3 is 1. The van der Waals surface area contributed by atoms with E-state index in [4.69, 9.17) is 4.74 Å². The molecule has 2 N–H and O–H groups in total. The third-order valence-corrected chi connectivity index (χ3v) is 3.47. The van der Waals surface area contributed by atoms with Gasteiger partial charge in [0.2, 0.25) is 11.8 Å². The Bertz CT molecular complexity index is 333. The second kappa shape index (κ2) is 8.21. The van der Waals surface area contributed by atoms with Crippen LogP contribution in [0.2, 0.25) is 0 Å². The van der Waals surface area contributed by atoms with Gasteiger partial charge in [-0.3, -0.25) is 9.59 Å². The van der Waals surface area contributed by atoms with Crippen molar-refractivity contribution in [3.05, 3.63) is 0 Å². The number of nitrogens with zero attached hydrogens (tertiary/aromatic N) is 1. The Morgan fingerprint density at radius 1 is 1.55 bits per heavy atom. The highest BCUT2D eigenvalue weighted by Crippen LogP contribution is 2.18. The monoisotopic (exact) mass is 286 g/mol. The number of likely N-dealkylation sites (tertiary alicyclic amines) is 1. The molecule has 0 spiro atoms. The fourth-order valence-corrected chi connectivity index (χ4v) is 2.43. The zero-order chi connectivity index (χ0) is 15.1. The van der Waals surface area contributed by atoms with Gasteiger partial charge >= 0.3 is 0 Å². The number of nitrogens with one attached hydrogen (secondary N) is 1. The number of carbonyl (C=O) groups excluding carboxylic acids is 2. The Morgan fingerprint density at radius 2 is 2.25 bits per heavy atom. The molecule has 0 bridgehead atoms. The Morgan fingerprint density at radius 3 is 2.80 bits per heavy atom. The molecule has 0 aromatic heterocycles. The summed E-state index contributed by atoms with van der Waals surface area (Å²) in [5.41, 5.74) is 0. The molecule has 0 aromatic carbocycles. The summed E-state index contributed by atoms with van der Waals surface area (Å²) >= 11 is 0. The molecular formula is C14H26N2O4. The summed E-state index contributed by atoms with van der Waals surface area (Å²) in [6, 6.07) is -0.231. The average molecular weight is 286 g/mol. The van der Waals surface area contributed by atoms with Crippen molar-refractivity contribution < 1.29 is 19.4 Å². The highest BCUT2D eigenvalue weighted by Gasteiger charge is 2.34. The van der Waals surface area contributed by atoms with Crippen LogP contribution in [0, 0.1) is 11.8 Å². The predicted octanol–water partition coefficient (Wildman–Crippen LogP) is 0.00450. The van der Waals surface area contributed by atoms with E-state index in [1.807, 2.05) is 13.8 Å². The van der Waals surface area contributed by atoms with Gasteiger partial charge in [0.15, 0.2) is 0 Å². The molecule has 2 amide bonds. The van der Waals surface area contributed by atoms with Crippen LogP contribution in [0.25, 0.3) is 0 Å². The lowest BCUT2D eigenvalue weighted by Crippen LogP contribution is -2.42. The maximum absolute atomic E-state index is 12.1. The van der Waals surface area contributed by atoms with Crippen LogP contribution in [-0.4, -0.2) is 61.3 Å². The molecule has 0 saturated carbocycles. The third kappa shape index (κ3) is 5.09. The number of rotatable bonds is 8. The largest absolute Gasteiger partial charge is 0.394 e. The van der Waals surface area contributed by atoms with E-state index in [1.165, 1.54) is 0 Å². The Kier molecular flexibility index (Phi) is 6.95. The fourth-order valence-electron chi connectivity index (χ4n) is 2.43. The van der Waals surface area contributed by atoms with Crippen LogP contribution < -0.4 is 5.32 Å². The standard InChI is InChI=1S/C14H26N2O4/c1-10(2)6-12(9-17)15-14(19)11-7-13(18)16(8-11)4-5-20-3/h10-12,17H,4-9H2,1-3H3,(H,15,19). The molecule has 6 nitrogen and oxygen atoms in total. The zero-order valence-corrected chi connectivity index (χ0v) is 12.6. The number of aliphatic hydroxyl groups excluding tert-OH is 1. The smallest absolute Gasteiger partial charge is 0.225 e. The normalized spacial score (nSPS) is 20.6. The van der Waals surface area contributed by atoms with Crippen LogP contribution in [-0.2, 0) is 14.3 Å². The molecule has 1 heterocycles. The molecule has 1 saturated heterocycles. The van der Waals surface area contributed by atoms with Gasteiger partial charge in [-0.25, -0.2) is 0 Å². The molecule has 1 aliphatic rings. The third-order valence-electron chi connectivity index (χ3n) is 3.47. The Balaban J connectivity index is 2.46. The van der Waals surface area contributed by atoms with Gasteiger partial charge in [0.05, 0.1) is 25.2 Å². The van der Waals surface area contributed by atoms with Crippen molar-refractivity contribution in [1.29, 1.82) is 0 Å². The van der Waals surface area contributed by atoms with E-state index < -0.39 is 0 Å². The first-order valence-corrected chi connectivity index (χ1v) is 7.15. The van der Waals surface area contributed by atoms with E-state index in [1.54, 1.807) is 12.0 Å². The molecule has 116 valence electrons. The van der Waals surface area contributed by atoms with E-state index in [2.05, 4.69) is 5.32 Å². The number of aliphatic hydroxyl groups is 1. The van der Waals surface area contributed by atoms with Crippen LogP contribution in [0.1, 0.15) is 26.7 Å². The van der Waals surface area contributed by atoms with Gasteiger partial charge in [-0.1, -0.05) is 13.8 Å². The minimum atomic E-state index is -0.319. The van der Waals surface area contributed by atoms with Crippen molar-refractivity contribution >= 4 is 11.8 Å². The second-order valence-corrected chi connectivity index (χ2v) is 5.75. The molecule has 1 fully saturated rings. The Hall–Kier alpha value is -1.14. The van der Waals surface area contributed by atoms with Gasteiger partial charge in [-0.2, -0.15) is 0 Å². The van der Waals surface area contributed by atoms with E-state index in [0.29, 0.717) is 25.6 Å². The molecule has 0 radical (unpaired) electrons. The maximum Gasteiger partial charge on any atom is 0.225 e. The van der Waals surface area contributed by atoms with Crippen molar-refractivity contribution in [3.8, 4) is 0 Å². The molecule has 2 atom stereocenters. The first-order chi connectivity index (χ1) is 9.47. The molecule has 6 heteroatoms. The number of carbonyl (C=O) groups is 2. The average Bonchev–Trinajstić information content (AvgIpc) is 2.76. The minimum Gasteiger partial charge on any atom is -0.394 e. The lowest BCUT2D eigenvalue weighted by Gasteiger charge is -2.20. The van der Waals surface area contributed by atoms with Gasteiger partial charge in [0.25, 0.3) is 0 Å². The van der Waals surface area contributed by atoms with E-state index in [0.717, 1.165) is 6.42 Å². The van der Waals surface area contributed by atoms with Crippen LogP contribution >= 0.6 is 0 Å². The van der Waals surface area contributed by atoms with Gasteiger partial charge < -0.3 is 20.1 Å². The number of hydrogen-bond donors (Lipinski definition) is 2. The second-order valence-electron chi connectivity index (χ2n) is 5.75. The van der Waals surface area contributed by atoms with Gasteiger partial charge in [-0.15, -0.1) is 0 Å². The molecule has 1 aliphatic heterocycles. The van der Waals surface area contributed by atoms with Gasteiger partial charge in [0, 0.05) is 26.6 Å². The molecule has 2 unspecified atom stereocenters. The summed E-state index contributed by atoms with van der Waals surface area (Å²) in [5.74, 6) is -0.0685. The van der Waals surface area contributed by atoms with Gasteiger partial charge in [-0.05, 0) is 12.3 Å². The highest BCUT2D eigenvalue weighted by atomic mass is 16.5. The number of ether oxygens (including phenoxy) is 1. The van der Waals surface area contributed by atoms with Crippen LogP contribution in [0.4, 0.5) is 0 Å². The summed E-state index contributed by atoms with van der Waals surface area (Å²) in [5, 5.41) is 12.1. The van der Waals surface area contributed by atoms with Crippen molar-refractivity contribution in [2.45, 2.75) is 32.7 Å². The first kappa shape index (κ1) is 16.9. The summed E-state index contributed by atoms with van der Waals surface area (Å²) in [4.78, 5) is 25.6. The fraction of sp³-hybridized carbons (Fsp3) is 0.857. The lowest BCUT2D eigenvalue weighted by molar-refractivity contribution is -0.129. The van der Waals surface area contributed by atoms with Crippen molar-refractivity contribution in [3.63, 3.8) is 0 Å². The topological polar surface area (TPSA) is 78.9 Å². The quantitative estimate of drug-likeness (QED) is 0.658. The summed E-state index contributed by atoms with van der Waals surface area (Å²) in [7, 11) is 1.59. The SMILES string of the molecule is COCCN1CC(C(=O)NC(CO)CC(C)C)CC1=O. The number of hydrogen-bond acceptors (Lipinski definition) is 4. The molecule has 20 heavy (non-hydrogen) atoms. The van der Waals surface area contributed by atoms with E-state index in [-0.39, 0.29) is 36.8 Å². The molecular weight excluding hydrogens is 260 g/mol. The van der Waals surface area contributed by atoms with Crippen LogP contribution in [0.3, 0.4) is 0 Å². The van der Waals surface area contributed by atoms with Crippen molar-refractivity contribution in [1.82, 2.24) is 10.2 Å². The summed E-state index contributed by atoms with van der Waals surface area (Å²) < 4.78 is 4.95. The Labute approximate surface area is 120 Å². The lowest BCUT2D eigenvalue weighted by atomic mass is 10.0. The molecule has 1 rings (SSSR count). The van der Waals surface area contributed by atoms with Gasteiger partial charge in [0.1, 0.15) is 0 Å². The van der Waals surface area contributed by atoms with Crippen LogP contribution in [0.15, 0.2) is 0 Å². The minimum absolute atomic E-state index is 0.00777. The number of amides is 2. The van der Waals surface area contributed by atoms with Crippen molar-refractivity contribution in [2.75, 3.05) is 33.4 Å². The summed E-state index contributed by atoms with van der Waals surface area (Å²) in [6.45, 7) is 5.45. The summed E-state index contributed by atoms with van der Waals surface area (Å²) in [6.07, 6.45) is 0.978. The predicted molar refractivity (Wildman–Crippen MR) is 75.0 cm³/mol.